The van der Waals surface area contributed by atoms with Gasteiger partial charge in [0.1, 0.15) is 4.60 Å². The molecule has 78 valence electrons. The van der Waals surface area contributed by atoms with Crippen molar-refractivity contribution >= 4 is 32.4 Å². The standard InChI is InChI=1S/C10H15BrN2S/c11-9-8(14-10(12)13-9)6-7-4-2-1-3-5-7/h7H,1-6H2,(H2,12,13). The Hall–Kier alpha value is -0.0900. The van der Waals surface area contributed by atoms with Gasteiger partial charge in [0.25, 0.3) is 0 Å². The fraction of sp³-hybridized carbons (Fsp3) is 0.700. The molecule has 0 aliphatic heterocycles. The number of halogens is 1. The van der Waals surface area contributed by atoms with Gasteiger partial charge >= 0.3 is 0 Å². The molecular formula is C10H15BrN2S. The molecule has 0 saturated heterocycles. The van der Waals surface area contributed by atoms with Crippen molar-refractivity contribution in [1.82, 2.24) is 4.98 Å². The highest BCUT2D eigenvalue weighted by Gasteiger charge is 2.17. The van der Waals surface area contributed by atoms with Gasteiger partial charge in [-0.1, -0.05) is 32.1 Å². The topological polar surface area (TPSA) is 38.9 Å². The summed E-state index contributed by atoms with van der Waals surface area (Å²) < 4.78 is 0.963. The highest BCUT2D eigenvalue weighted by Crippen LogP contribution is 2.32. The minimum absolute atomic E-state index is 0.683. The van der Waals surface area contributed by atoms with Gasteiger partial charge < -0.3 is 5.73 Å². The van der Waals surface area contributed by atoms with Crippen LogP contribution in [0.4, 0.5) is 5.13 Å². The van der Waals surface area contributed by atoms with Crippen molar-refractivity contribution in [3.05, 3.63) is 9.48 Å². The average Bonchev–Trinajstić information content (AvgIpc) is 2.47. The normalized spacial score (nSPS) is 18.6. The summed E-state index contributed by atoms with van der Waals surface area (Å²) in [6.45, 7) is 0. The molecule has 1 saturated carbocycles. The molecule has 0 radical (unpaired) electrons. The molecule has 1 fully saturated rings. The minimum Gasteiger partial charge on any atom is -0.375 e. The van der Waals surface area contributed by atoms with Gasteiger partial charge in [0.2, 0.25) is 0 Å². The predicted molar refractivity (Wildman–Crippen MR) is 64.5 cm³/mol. The summed E-state index contributed by atoms with van der Waals surface area (Å²) in [7, 11) is 0. The van der Waals surface area contributed by atoms with E-state index < -0.39 is 0 Å². The molecule has 0 atom stereocenters. The number of rotatable bonds is 2. The molecule has 2 nitrogen and oxygen atoms in total. The summed E-state index contributed by atoms with van der Waals surface area (Å²) in [6, 6.07) is 0. The Bertz CT molecular complexity index is 305. The van der Waals surface area contributed by atoms with E-state index in [1.807, 2.05) is 0 Å². The highest BCUT2D eigenvalue weighted by atomic mass is 79.9. The van der Waals surface area contributed by atoms with Crippen molar-refractivity contribution in [2.75, 3.05) is 5.73 Å². The van der Waals surface area contributed by atoms with E-state index in [1.54, 1.807) is 11.3 Å². The number of aromatic nitrogens is 1. The Morgan fingerprint density at radius 2 is 2.07 bits per heavy atom. The van der Waals surface area contributed by atoms with Gasteiger partial charge in [-0.05, 0) is 28.3 Å². The second kappa shape index (κ2) is 4.62. The molecule has 0 bridgehead atoms. The number of nitrogen functional groups attached to an aromatic ring is 1. The Morgan fingerprint density at radius 3 is 2.64 bits per heavy atom. The lowest BCUT2D eigenvalue weighted by atomic mass is 9.87. The molecule has 1 aliphatic carbocycles. The zero-order valence-corrected chi connectivity index (χ0v) is 10.5. The van der Waals surface area contributed by atoms with Gasteiger partial charge in [-0.15, -0.1) is 11.3 Å². The van der Waals surface area contributed by atoms with Crippen LogP contribution in [0.1, 0.15) is 37.0 Å². The molecule has 0 aromatic carbocycles. The van der Waals surface area contributed by atoms with Gasteiger partial charge in [-0.25, -0.2) is 4.98 Å². The van der Waals surface area contributed by atoms with Crippen LogP contribution < -0.4 is 5.73 Å². The van der Waals surface area contributed by atoms with Crippen LogP contribution in [0.2, 0.25) is 0 Å². The lowest BCUT2D eigenvalue weighted by Gasteiger charge is -2.20. The Kier molecular flexibility index (Phi) is 3.44. The monoisotopic (exact) mass is 274 g/mol. The summed E-state index contributed by atoms with van der Waals surface area (Å²) in [6.07, 6.45) is 8.14. The molecule has 2 rings (SSSR count). The van der Waals surface area contributed by atoms with E-state index >= 15 is 0 Å². The number of anilines is 1. The summed E-state index contributed by atoms with van der Waals surface area (Å²) in [5.41, 5.74) is 5.66. The Balaban J connectivity index is 1.98. The van der Waals surface area contributed by atoms with Crippen LogP contribution in [-0.2, 0) is 6.42 Å². The maximum Gasteiger partial charge on any atom is 0.181 e. The average molecular weight is 275 g/mol. The van der Waals surface area contributed by atoms with E-state index in [-0.39, 0.29) is 0 Å². The van der Waals surface area contributed by atoms with Gasteiger partial charge in [0.05, 0.1) is 0 Å². The molecule has 0 unspecified atom stereocenters. The second-order valence-electron chi connectivity index (χ2n) is 3.97. The summed E-state index contributed by atoms with van der Waals surface area (Å²) in [4.78, 5) is 5.52. The van der Waals surface area contributed by atoms with E-state index in [0.717, 1.165) is 16.9 Å². The Labute approximate surface area is 97.0 Å². The number of nitrogens with zero attached hydrogens (tertiary/aromatic N) is 1. The fourth-order valence-corrected chi connectivity index (χ4v) is 3.68. The zero-order valence-electron chi connectivity index (χ0n) is 8.13. The zero-order chi connectivity index (χ0) is 9.97. The molecule has 0 amide bonds. The third-order valence-electron chi connectivity index (χ3n) is 2.87. The molecule has 4 heteroatoms. The summed E-state index contributed by atoms with van der Waals surface area (Å²) >= 11 is 5.09. The minimum atomic E-state index is 0.683. The van der Waals surface area contributed by atoms with E-state index in [0.29, 0.717) is 5.13 Å². The first-order valence-electron chi connectivity index (χ1n) is 5.16. The molecule has 1 aliphatic rings. The van der Waals surface area contributed by atoms with Crippen molar-refractivity contribution in [3.63, 3.8) is 0 Å². The number of hydrogen-bond donors (Lipinski definition) is 1. The second-order valence-corrected chi connectivity index (χ2v) is 5.84. The summed E-state index contributed by atoms with van der Waals surface area (Å²) in [5.74, 6) is 0.861. The molecule has 1 aromatic rings. The lowest BCUT2D eigenvalue weighted by Crippen LogP contribution is -2.08. The van der Waals surface area contributed by atoms with Crippen LogP contribution in [0.25, 0.3) is 0 Å². The first-order valence-corrected chi connectivity index (χ1v) is 6.77. The number of hydrogen-bond acceptors (Lipinski definition) is 3. The van der Waals surface area contributed by atoms with E-state index in [9.17, 15) is 0 Å². The smallest absolute Gasteiger partial charge is 0.181 e. The summed E-state index contributed by atoms with van der Waals surface area (Å²) in [5, 5.41) is 0.683. The van der Waals surface area contributed by atoms with Crippen molar-refractivity contribution < 1.29 is 0 Å². The maximum absolute atomic E-state index is 5.66. The number of nitrogens with two attached hydrogens (primary N) is 1. The first kappa shape index (κ1) is 10.4. The maximum atomic E-state index is 5.66. The first-order chi connectivity index (χ1) is 6.75. The molecular weight excluding hydrogens is 260 g/mol. The predicted octanol–water partition coefficient (Wildman–Crippen LogP) is 3.61. The number of thiazole rings is 1. The Morgan fingerprint density at radius 1 is 1.36 bits per heavy atom. The van der Waals surface area contributed by atoms with Gasteiger partial charge in [-0.2, -0.15) is 0 Å². The SMILES string of the molecule is Nc1nc(Br)c(CC2CCCCC2)s1. The van der Waals surface area contributed by atoms with Crippen LogP contribution in [-0.4, -0.2) is 4.98 Å². The third-order valence-corrected chi connectivity index (χ3v) is 4.69. The fourth-order valence-electron chi connectivity index (χ4n) is 2.13. The molecule has 2 N–H and O–H groups in total. The van der Waals surface area contributed by atoms with Crippen molar-refractivity contribution in [3.8, 4) is 0 Å². The lowest BCUT2D eigenvalue weighted by molar-refractivity contribution is 0.358. The van der Waals surface area contributed by atoms with Crippen LogP contribution in [0.5, 0.6) is 0 Å². The molecule has 0 spiro atoms. The van der Waals surface area contributed by atoms with Gasteiger partial charge in [0.15, 0.2) is 5.13 Å². The molecule has 1 aromatic heterocycles. The van der Waals surface area contributed by atoms with Crippen LogP contribution in [0, 0.1) is 5.92 Å². The van der Waals surface area contributed by atoms with Crippen LogP contribution >= 0.6 is 27.3 Å². The van der Waals surface area contributed by atoms with Crippen molar-refractivity contribution in [1.29, 1.82) is 0 Å². The quantitative estimate of drug-likeness (QED) is 0.895. The van der Waals surface area contributed by atoms with Crippen molar-refractivity contribution in [2.45, 2.75) is 38.5 Å². The van der Waals surface area contributed by atoms with E-state index in [2.05, 4.69) is 20.9 Å². The largest absolute Gasteiger partial charge is 0.375 e. The molecule has 14 heavy (non-hydrogen) atoms. The van der Waals surface area contributed by atoms with Crippen molar-refractivity contribution in [2.24, 2.45) is 5.92 Å². The van der Waals surface area contributed by atoms with Gasteiger partial charge in [-0.3, -0.25) is 0 Å². The van der Waals surface area contributed by atoms with Gasteiger partial charge in [0, 0.05) is 4.88 Å². The van der Waals surface area contributed by atoms with Crippen LogP contribution in [0.3, 0.4) is 0 Å². The van der Waals surface area contributed by atoms with E-state index in [4.69, 9.17) is 5.73 Å². The highest BCUT2D eigenvalue weighted by molar-refractivity contribution is 9.10. The third kappa shape index (κ3) is 2.48. The van der Waals surface area contributed by atoms with E-state index in [1.165, 1.54) is 37.0 Å². The molecule has 1 heterocycles. The van der Waals surface area contributed by atoms with Crippen LogP contribution in [0.15, 0.2) is 4.60 Å².